The molecule has 0 saturated carbocycles. The minimum absolute atomic E-state index is 0.227. The molecular formula is C8H14N2O4. The number of carbonyl (C=O) groups is 2. The Morgan fingerprint density at radius 2 is 2.14 bits per heavy atom. The summed E-state index contributed by atoms with van der Waals surface area (Å²) in [5.74, 6) is -1.69. The van der Waals surface area contributed by atoms with E-state index in [1.54, 1.807) is 6.92 Å². The summed E-state index contributed by atoms with van der Waals surface area (Å²) < 4.78 is 4.52. The zero-order valence-corrected chi connectivity index (χ0v) is 8.14. The van der Waals surface area contributed by atoms with Gasteiger partial charge in [0.2, 0.25) is 0 Å². The molecule has 0 bridgehead atoms. The molecule has 0 aromatic carbocycles. The molecule has 1 fully saturated rings. The van der Waals surface area contributed by atoms with E-state index < -0.39 is 30.1 Å². The molecule has 3 unspecified atom stereocenters. The highest BCUT2D eigenvalue weighted by molar-refractivity contribution is 5.76. The Kier molecular flexibility index (Phi) is 2.95. The van der Waals surface area contributed by atoms with Gasteiger partial charge in [-0.2, -0.15) is 0 Å². The number of carbonyl (C=O) groups excluding carboxylic acids is 1. The number of amides is 1. The minimum atomic E-state index is -0.976. The predicted molar refractivity (Wildman–Crippen MR) is 47.7 cm³/mol. The van der Waals surface area contributed by atoms with Gasteiger partial charge in [-0.15, -0.1) is 0 Å². The molecule has 1 saturated heterocycles. The first-order valence-electron chi connectivity index (χ1n) is 4.32. The number of nitrogens with two attached hydrogens (primary N) is 1. The molecule has 6 heteroatoms. The first-order valence-corrected chi connectivity index (χ1v) is 4.32. The van der Waals surface area contributed by atoms with Crippen molar-refractivity contribution in [2.75, 3.05) is 13.7 Å². The monoisotopic (exact) mass is 202 g/mol. The topological polar surface area (TPSA) is 92.9 Å². The Labute approximate surface area is 81.6 Å². The van der Waals surface area contributed by atoms with Crippen LogP contribution in [0, 0.1) is 5.92 Å². The van der Waals surface area contributed by atoms with E-state index in [1.807, 2.05) is 0 Å². The molecule has 1 aliphatic heterocycles. The largest absolute Gasteiger partial charge is 0.481 e. The molecule has 3 N–H and O–H groups in total. The van der Waals surface area contributed by atoms with Gasteiger partial charge in [0.15, 0.2) is 0 Å². The SMILES string of the molecule is COC(=O)N1CC(N)C(C(=O)O)C1C. The van der Waals surface area contributed by atoms with Crippen molar-refractivity contribution < 1.29 is 19.4 Å². The first kappa shape index (κ1) is 10.8. The lowest BCUT2D eigenvalue weighted by molar-refractivity contribution is -0.142. The summed E-state index contributed by atoms with van der Waals surface area (Å²) >= 11 is 0. The van der Waals surface area contributed by atoms with Crippen LogP contribution in [0.2, 0.25) is 0 Å². The fraction of sp³-hybridized carbons (Fsp3) is 0.750. The van der Waals surface area contributed by atoms with Crippen LogP contribution in [0.15, 0.2) is 0 Å². The van der Waals surface area contributed by atoms with Crippen LogP contribution in [-0.4, -0.2) is 47.8 Å². The van der Waals surface area contributed by atoms with Gasteiger partial charge in [0.05, 0.1) is 13.0 Å². The second-order valence-corrected chi connectivity index (χ2v) is 3.39. The van der Waals surface area contributed by atoms with E-state index in [1.165, 1.54) is 12.0 Å². The predicted octanol–water partition coefficient (Wildman–Crippen LogP) is -0.515. The molecule has 1 amide bonds. The summed E-state index contributed by atoms with van der Waals surface area (Å²) in [5, 5.41) is 8.87. The lowest BCUT2D eigenvalue weighted by atomic mass is 9.99. The smallest absolute Gasteiger partial charge is 0.409 e. The van der Waals surface area contributed by atoms with Crippen molar-refractivity contribution in [3.8, 4) is 0 Å². The van der Waals surface area contributed by atoms with Gasteiger partial charge < -0.3 is 20.5 Å². The van der Waals surface area contributed by atoms with E-state index in [0.717, 1.165) is 0 Å². The minimum Gasteiger partial charge on any atom is -0.481 e. The number of ether oxygens (including phenoxy) is 1. The van der Waals surface area contributed by atoms with Crippen LogP contribution in [0.25, 0.3) is 0 Å². The van der Waals surface area contributed by atoms with E-state index in [2.05, 4.69) is 4.74 Å². The summed E-state index contributed by atoms with van der Waals surface area (Å²) in [5.41, 5.74) is 5.62. The van der Waals surface area contributed by atoms with Crippen molar-refractivity contribution in [2.24, 2.45) is 11.7 Å². The molecular weight excluding hydrogens is 188 g/mol. The molecule has 6 nitrogen and oxygen atoms in total. The molecule has 1 heterocycles. The van der Waals surface area contributed by atoms with Crippen molar-refractivity contribution in [3.05, 3.63) is 0 Å². The van der Waals surface area contributed by atoms with Crippen LogP contribution in [0.1, 0.15) is 6.92 Å². The third-order valence-electron chi connectivity index (χ3n) is 2.57. The highest BCUT2D eigenvalue weighted by Gasteiger charge is 2.44. The van der Waals surface area contributed by atoms with Crippen molar-refractivity contribution in [3.63, 3.8) is 0 Å². The number of likely N-dealkylation sites (tertiary alicyclic amines) is 1. The fourth-order valence-electron chi connectivity index (χ4n) is 1.81. The number of carboxylic acid groups (broad SMARTS) is 1. The number of aliphatic carboxylic acids is 1. The fourth-order valence-corrected chi connectivity index (χ4v) is 1.81. The van der Waals surface area contributed by atoms with Crippen LogP contribution in [0.5, 0.6) is 0 Å². The maximum Gasteiger partial charge on any atom is 0.409 e. The van der Waals surface area contributed by atoms with E-state index >= 15 is 0 Å². The van der Waals surface area contributed by atoms with Gasteiger partial charge in [-0.1, -0.05) is 0 Å². The molecule has 0 aliphatic carbocycles. The van der Waals surface area contributed by atoms with E-state index in [9.17, 15) is 9.59 Å². The third-order valence-corrected chi connectivity index (χ3v) is 2.57. The zero-order valence-electron chi connectivity index (χ0n) is 8.14. The second-order valence-electron chi connectivity index (χ2n) is 3.39. The normalized spacial score (nSPS) is 31.6. The molecule has 80 valence electrons. The van der Waals surface area contributed by atoms with Gasteiger partial charge in [0.25, 0.3) is 0 Å². The van der Waals surface area contributed by atoms with Crippen molar-refractivity contribution in [1.29, 1.82) is 0 Å². The molecule has 14 heavy (non-hydrogen) atoms. The Bertz CT molecular complexity index is 256. The Balaban J connectivity index is 2.78. The number of hydrogen-bond donors (Lipinski definition) is 2. The standard InChI is InChI=1S/C8H14N2O4/c1-4-6(7(11)12)5(9)3-10(4)8(13)14-2/h4-6H,3,9H2,1-2H3,(H,11,12). The van der Waals surface area contributed by atoms with Crippen molar-refractivity contribution >= 4 is 12.1 Å². The van der Waals surface area contributed by atoms with Gasteiger partial charge in [-0.05, 0) is 6.92 Å². The average molecular weight is 202 g/mol. The third kappa shape index (κ3) is 1.65. The first-order chi connectivity index (χ1) is 6.49. The molecule has 3 atom stereocenters. The van der Waals surface area contributed by atoms with E-state index in [4.69, 9.17) is 10.8 Å². The van der Waals surface area contributed by atoms with Crippen LogP contribution < -0.4 is 5.73 Å². The molecule has 1 aliphatic rings. The Morgan fingerprint density at radius 3 is 2.50 bits per heavy atom. The summed E-state index contributed by atoms with van der Waals surface area (Å²) in [6.07, 6.45) is -0.531. The lowest BCUT2D eigenvalue weighted by Gasteiger charge is -2.21. The number of methoxy groups -OCH3 is 1. The lowest BCUT2D eigenvalue weighted by Crippen LogP contribution is -2.38. The van der Waals surface area contributed by atoms with Gasteiger partial charge >= 0.3 is 12.1 Å². The van der Waals surface area contributed by atoms with Crippen LogP contribution in [0.3, 0.4) is 0 Å². The number of carboxylic acids is 1. The molecule has 1 rings (SSSR count). The van der Waals surface area contributed by atoms with E-state index in [-0.39, 0.29) is 6.54 Å². The summed E-state index contributed by atoms with van der Waals surface area (Å²) in [4.78, 5) is 23.4. The van der Waals surface area contributed by atoms with Gasteiger partial charge in [0, 0.05) is 18.6 Å². The maximum absolute atomic E-state index is 11.2. The summed E-state index contributed by atoms with van der Waals surface area (Å²) in [6.45, 7) is 1.88. The van der Waals surface area contributed by atoms with Crippen molar-refractivity contribution in [1.82, 2.24) is 4.90 Å². The zero-order chi connectivity index (χ0) is 10.9. The summed E-state index contributed by atoms with van der Waals surface area (Å²) in [7, 11) is 1.26. The van der Waals surface area contributed by atoms with Crippen LogP contribution >= 0.6 is 0 Å². The second kappa shape index (κ2) is 3.83. The number of nitrogens with zero attached hydrogens (tertiary/aromatic N) is 1. The number of hydrogen-bond acceptors (Lipinski definition) is 4. The van der Waals surface area contributed by atoms with Gasteiger partial charge in [-0.3, -0.25) is 4.79 Å². The average Bonchev–Trinajstić information content (AvgIpc) is 2.40. The molecule has 0 spiro atoms. The van der Waals surface area contributed by atoms with E-state index in [0.29, 0.717) is 0 Å². The molecule has 0 aromatic heterocycles. The Hall–Kier alpha value is -1.30. The van der Waals surface area contributed by atoms with Crippen LogP contribution in [0.4, 0.5) is 4.79 Å². The molecule has 0 radical (unpaired) electrons. The number of rotatable bonds is 1. The molecule has 0 aromatic rings. The Morgan fingerprint density at radius 1 is 1.57 bits per heavy atom. The van der Waals surface area contributed by atoms with Gasteiger partial charge in [0.1, 0.15) is 0 Å². The highest BCUT2D eigenvalue weighted by Crippen LogP contribution is 2.23. The van der Waals surface area contributed by atoms with Crippen molar-refractivity contribution in [2.45, 2.75) is 19.0 Å². The van der Waals surface area contributed by atoms with Gasteiger partial charge in [-0.25, -0.2) is 4.79 Å². The van der Waals surface area contributed by atoms with Crippen LogP contribution in [-0.2, 0) is 9.53 Å². The highest BCUT2D eigenvalue weighted by atomic mass is 16.5. The summed E-state index contributed by atoms with van der Waals surface area (Å²) in [6, 6.07) is -0.948. The maximum atomic E-state index is 11.2. The quantitative estimate of drug-likeness (QED) is 0.597.